The standard InChI is InChI=1S/C9H11NO2/c1-7(11)10-8-3-5-9(12-2)6-4-8/h3-6H,1-2H3,(H,10,11)/i1D3,3D,4D,5D,6D. The van der Waals surface area contributed by atoms with Gasteiger partial charge in [-0.15, -0.1) is 0 Å². The number of amides is 1. The molecule has 0 saturated heterocycles. The molecule has 0 bridgehead atoms. The lowest BCUT2D eigenvalue weighted by Crippen LogP contribution is -2.05. The number of hydrogen-bond acceptors (Lipinski definition) is 2. The molecule has 0 aliphatic heterocycles. The highest BCUT2D eigenvalue weighted by molar-refractivity contribution is 5.88. The number of carbonyl (C=O) groups is 1. The molecule has 0 radical (unpaired) electrons. The molecule has 0 unspecified atom stereocenters. The molecule has 0 atom stereocenters. The van der Waals surface area contributed by atoms with E-state index in [1.165, 1.54) is 7.11 Å². The van der Waals surface area contributed by atoms with Crippen molar-refractivity contribution in [3.63, 3.8) is 0 Å². The Morgan fingerprint density at radius 1 is 1.58 bits per heavy atom. The summed E-state index contributed by atoms with van der Waals surface area (Å²) in [5.74, 6) is -1.65. The van der Waals surface area contributed by atoms with Gasteiger partial charge in [0, 0.05) is 16.7 Å². The van der Waals surface area contributed by atoms with Gasteiger partial charge in [-0.05, 0) is 24.2 Å². The van der Waals surface area contributed by atoms with Crippen molar-refractivity contribution in [1.29, 1.82) is 0 Å². The van der Waals surface area contributed by atoms with E-state index < -0.39 is 42.6 Å². The minimum atomic E-state index is -2.94. The molecular formula is C9H11NO2. The lowest BCUT2D eigenvalue weighted by molar-refractivity contribution is -0.114. The molecule has 0 aliphatic carbocycles. The summed E-state index contributed by atoms with van der Waals surface area (Å²) in [6.45, 7) is -2.94. The number of rotatable bonds is 2. The van der Waals surface area contributed by atoms with Crippen LogP contribution < -0.4 is 10.1 Å². The molecule has 0 aliphatic rings. The lowest BCUT2D eigenvalue weighted by Gasteiger charge is -2.02. The van der Waals surface area contributed by atoms with E-state index in [2.05, 4.69) is 0 Å². The zero-order valence-corrected chi connectivity index (χ0v) is 6.32. The number of hydrogen-bond donors (Lipinski definition) is 1. The third kappa shape index (κ3) is 2.27. The maximum Gasteiger partial charge on any atom is 0.221 e. The van der Waals surface area contributed by atoms with Gasteiger partial charge in [-0.25, -0.2) is 0 Å². The van der Waals surface area contributed by atoms with Gasteiger partial charge in [0.15, 0.2) is 0 Å². The van der Waals surface area contributed by atoms with E-state index in [-0.39, 0.29) is 5.75 Å². The Hall–Kier alpha value is -1.51. The smallest absolute Gasteiger partial charge is 0.221 e. The largest absolute Gasteiger partial charge is 0.497 e. The molecule has 1 aromatic rings. The normalized spacial score (nSPS) is 18.6. The van der Waals surface area contributed by atoms with E-state index in [1.807, 2.05) is 5.32 Å². The molecule has 0 saturated carbocycles. The Morgan fingerprint density at radius 3 is 2.75 bits per heavy atom. The highest BCUT2D eigenvalue weighted by Crippen LogP contribution is 2.14. The Kier molecular flexibility index (Phi) is 0.967. The van der Waals surface area contributed by atoms with Gasteiger partial charge in [0.05, 0.1) is 12.6 Å². The van der Waals surface area contributed by atoms with Crippen molar-refractivity contribution >= 4 is 11.6 Å². The maximum atomic E-state index is 11.3. The SMILES string of the molecule is [2H]c1c([2H])c(OC)c([2H])c([2H])c1NC(=O)C([2H])([2H])[2H]. The van der Waals surface area contributed by atoms with E-state index in [0.29, 0.717) is 0 Å². The van der Waals surface area contributed by atoms with Crippen LogP contribution in [0.25, 0.3) is 0 Å². The number of ether oxygens (including phenoxy) is 1. The highest BCUT2D eigenvalue weighted by Gasteiger charge is 1.94. The molecule has 0 spiro atoms. The van der Waals surface area contributed by atoms with Crippen molar-refractivity contribution < 1.29 is 19.1 Å². The summed E-state index contributed by atoms with van der Waals surface area (Å²) >= 11 is 0. The summed E-state index contributed by atoms with van der Waals surface area (Å²) < 4.78 is 55.8. The second kappa shape index (κ2) is 3.76. The van der Waals surface area contributed by atoms with Gasteiger partial charge in [0.1, 0.15) is 5.75 Å². The van der Waals surface area contributed by atoms with E-state index in [0.717, 1.165) is 0 Å². The zero-order valence-electron chi connectivity index (χ0n) is 13.3. The Labute approximate surface area is 81.2 Å². The number of methoxy groups -OCH3 is 1. The van der Waals surface area contributed by atoms with Crippen molar-refractivity contribution in [3.05, 3.63) is 24.2 Å². The fraction of sp³-hybridized carbons (Fsp3) is 0.222. The van der Waals surface area contributed by atoms with Gasteiger partial charge in [-0.1, -0.05) is 0 Å². The van der Waals surface area contributed by atoms with Crippen LogP contribution in [-0.2, 0) is 4.79 Å². The number of nitrogens with one attached hydrogen (secondary N) is 1. The van der Waals surface area contributed by atoms with Crippen molar-refractivity contribution in [2.24, 2.45) is 0 Å². The van der Waals surface area contributed by atoms with Crippen LogP contribution in [0.15, 0.2) is 24.2 Å². The number of benzene rings is 1. The first kappa shape index (κ1) is 3.09. The first-order valence-corrected chi connectivity index (χ1v) is 3.07. The van der Waals surface area contributed by atoms with Crippen LogP contribution in [0.3, 0.4) is 0 Å². The van der Waals surface area contributed by atoms with Gasteiger partial charge in [-0.3, -0.25) is 4.79 Å². The molecule has 64 valence electrons. The molecule has 3 heteroatoms. The molecule has 0 aromatic heterocycles. The molecule has 0 fully saturated rings. The molecule has 1 amide bonds. The third-order valence-corrected chi connectivity index (χ3v) is 1.04. The molecule has 1 N–H and O–H groups in total. The molecule has 1 aromatic carbocycles. The average molecular weight is 172 g/mol. The summed E-state index contributed by atoms with van der Waals surface area (Å²) in [6, 6.07) is -2.14. The Morgan fingerprint density at radius 2 is 2.25 bits per heavy atom. The fourth-order valence-corrected chi connectivity index (χ4v) is 0.579. The van der Waals surface area contributed by atoms with Crippen LogP contribution in [0.1, 0.15) is 16.4 Å². The van der Waals surface area contributed by atoms with Gasteiger partial charge in [0.2, 0.25) is 5.91 Å². The van der Waals surface area contributed by atoms with Crippen LogP contribution in [0, 0.1) is 0 Å². The highest BCUT2D eigenvalue weighted by atomic mass is 16.5. The summed E-state index contributed by atoms with van der Waals surface area (Å²) in [5, 5.41) is 1.88. The summed E-state index contributed by atoms with van der Waals surface area (Å²) in [7, 11) is 1.19. The molecule has 12 heavy (non-hydrogen) atoms. The summed E-state index contributed by atoms with van der Waals surface area (Å²) in [5.41, 5.74) is -0.489. The van der Waals surface area contributed by atoms with Crippen LogP contribution >= 0.6 is 0 Å². The molecular weight excluding hydrogens is 154 g/mol. The van der Waals surface area contributed by atoms with Gasteiger partial charge < -0.3 is 10.1 Å². The fourth-order valence-electron chi connectivity index (χ4n) is 0.579. The van der Waals surface area contributed by atoms with Crippen LogP contribution in [0.2, 0.25) is 0 Å². The zero-order chi connectivity index (χ0) is 15.0. The van der Waals surface area contributed by atoms with E-state index in [1.54, 1.807) is 0 Å². The second-order valence-electron chi connectivity index (χ2n) is 1.86. The predicted molar refractivity (Wildman–Crippen MR) is 47.3 cm³/mol. The van der Waals surface area contributed by atoms with Crippen molar-refractivity contribution in [1.82, 2.24) is 0 Å². The maximum absolute atomic E-state index is 11.3. The second-order valence-corrected chi connectivity index (χ2v) is 1.86. The monoisotopic (exact) mass is 172 g/mol. The lowest BCUT2D eigenvalue weighted by atomic mass is 10.3. The van der Waals surface area contributed by atoms with Gasteiger partial charge >= 0.3 is 0 Å². The predicted octanol–water partition coefficient (Wildman–Crippen LogP) is 1.65. The van der Waals surface area contributed by atoms with E-state index in [4.69, 9.17) is 14.3 Å². The Bertz CT molecular complexity index is 497. The van der Waals surface area contributed by atoms with Crippen molar-refractivity contribution in [2.75, 3.05) is 12.4 Å². The first-order chi connectivity index (χ1) is 8.61. The molecule has 0 heterocycles. The average Bonchev–Trinajstić information content (AvgIpc) is 2.31. The van der Waals surface area contributed by atoms with Crippen LogP contribution in [0.4, 0.5) is 5.69 Å². The summed E-state index contributed by atoms with van der Waals surface area (Å²) in [4.78, 5) is 11.3. The van der Waals surface area contributed by atoms with E-state index in [9.17, 15) is 4.79 Å². The molecule has 3 nitrogen and oxygen atoms in total. The minimum absolute atomic E-state index is 0.276. The van der Waals surface area contributed by atoms with Gasteiger partial charge in [-0.2, -0.15) is 0 Å². The third-order valence-electron chi connectivity index (χ3n) is 1.04. The topological polar surface area (TPSA) is 38.3 Å². The quantitative estimate of drug-likeness (QED) is 0.736. The number of anilines is 1. The minimum Gasteiger partial charge on any atom is -0.497 e. The first-order valence-electron chi connectivity index (χ1n) is 6.57. The number of carbonyl (C=O) groups excluding carboxylic acids is 1. The van der Waals surface area contributed by atoms with Crippen molar-refractivity contribution in [3.8, 4) is 5.75 Å². The Balaban J connectivity index is 3.35. The van der Waals surface area contributed by atoms with Crippen LogP contribution in [0.5, 0.6) is 5.75 Å². The summed E-state index contributed by atoms with van der Waals surface area (Å²) in [6.07, 6.45) is 0. The molecule has 1 rings (SSSR count). The van der Waals surface area contributed by atoms with E-state index >= 15 is 0 Å². The van der Waals surface area contributed by atoms with Gasteiger partial charge in [0.25, 0.3) is 0 Å². The van der Waals surface area contributed by atoms with Crippen LogP contribution in [-0.4, -0.2) is 13.0 Å². The van der Waals surface area contributed by atoms with Crippen molar-refractivity contribution in [2.45, 2.75) is 6.85 Å².